The number of ketones is 1. The van der Waals surface area contributed by atoms with E-state index in [2.05, 4.69) is 10.5 Å². The minimum Gasteiger partial charge on any atom is -0.286 e. The summed E-state index contributed by atoms with van der Waals surface area (Å²) in [6.07, 6.45) is 0. The maximum Gasteiger partial charge on any atom is 0.296 e. The minimum absolute atomic E-state index is 0.205. The molecule has 3 aromatic rings. The molecule has 0 saturated carbocycles. The van der Waals surface area contributed by atoms with Crippen molar-refractivity contribution in [2.45, 2.75) is 13.8 Å². The van der Waals surface area contributed by atoms with Gasteiger partial charge in [0, 0.05) is 12.6 Å². The standard InChI is InChI=1S/C21H19N5O2/c1-14-8-7-9-16(12-14)20(27)18(13-22)23-24-19-15(2)25(3)26(21(19)28)17-10-5-4-6-11-17/h4-12,24H,1-3H3/b23-18+. The van der Waals surface area contributed by atoms with Gasteiger partial charge in [-0.1, -0.05) is 42.0 Å². The summed E-state index contributed by atoms with van der Waals surface area (Å²) in [7, 11) is 1.75. The molecule has 0 unspecified atom stereocenters. The van der Waals surface area contributed by atoms with Gasteiger partial charge in [0.05, 0.1) is 11.4 Å². The lowest BCUT2D eigenvalue weighted by Crippen LogP contribution is -2.21. The van der Waals surface area contributed by atoms with Gasteiger partial charge >= 0.3 is 0 Å². The molecule has 0 fully saturated rings. The van der Waals surface area contributed by atoms with E-state index in [-0.39, 0.29) is 17.0 Å². The van der Waals surface area contributed by atoms with Gasteiger partial charge in [-0.2, -0.15) is 10.4 Å². The first-order chi connectivity index (χ1) is 13.4. The second kappa shape index (κ2) is 7.76. The van der Waals surface area contributed by atoms with Gasteiger partial charge in [-0.25, -0.2) is 4.68 Å². The van der Waals surface area contributed by atoms with Crippen molar-refractivity contribution in [3.05, 3.63) is 81.8 Å². The van der Waals surface area contributed by atoms with E-state index in [0.717, 1.165) is 5.56 Å². The lowest BCUT2D eigenvalue weighted by atomic mass is 10.1. The molecule has 0 atom stereocenters. The van der Waals surface area contributed by atoms with Crippen LogP contribution in [0.15, 0.2) is 64.5 Å². The Bertz CT molecular complexity index is 1160. The quantitative estimate of drug-likeness (QED) is 0.423. The fourth-order valence-corrected chi connectivity index (χ4v) is 2.86. The second-order valence-corrected chi connectivity index (χ2v) is 6.32. The average molecular weight is 373 g/mol. The first kappa shape index (κ1) is 18.9. The molecule has 3 rings (SSSR count). The zero-order valence-corrected chi connectivity index (χ0v) is 15.8. The van der Waals surface area contributed by atoms with Crippen molar-refractivity contribution >= 4 is 17.2 Å². The molecule has 1 aromatic heterocycles. The Morgan fingerprint density at radius 1 is 1.11 bits per heavy atom. The fraction of sp³-hybridized carbons (Fsp3) is 0.143. The van der Waals surface area contributed by atoms with Crippen LogP contribution in [-0.2, 0) is 7.05 Å². The van der Waals surface area contributed by atoms with Gasteiger partial charge in [0.15, 0.2) is 0 Å². The van der Waals surface area contributed by atoms with Gasteiger partial charge in [0.1, 0.15) is 11.8 Å². The Morgan fingerprint density at radius 3 is 2.46 bits per heavy atom. The van der Waals surface area contributed by atoms with E-state index in [9.17, 15) is 14.9 Å². The summed E-state index contributed by atoms with van der Waals surface area (Å²) in [4.78, 5) is 25.4. The number of carbonyl (C=O) groups is 1. The number of aryl methyl sites for hydroxylation is 1. The molecule has 0 saturated heterocycles. The molecule has 0 aliphatic heterocycles. The number of benzene rings is 2. The number of anilines is 1. The van der Waals surface area contributed by atoms with E-state index < -0.39 is 5.78 Å². The van der Waals surface area contributed by atoms with E-state index in [0.29, 0.717) is 16.9 Å². The van der Waals surface area contributed by atoms with Gasteiger partial charge < -0.3 is 0 Å². The van der Waals surface area contributed by atoms with Crippen LogP contribution in [0.25, 0.3) is 5.69 Å². The lowest BCUT2D eigenvalue weighted by molar-refractivity contribution is 0.106. The van der Waals surface area contributed by atoms with Crippen molar-refractivity contribution in [1.82, 2.24) is 9.36 Å². The fourth-order valence-electron chi connectivity index (χ4n) is 2.86. The first-order valence-electron chi connectivity index (χ1n) is 8.63. The number of aromatic nitrogens is 2. The van der Waals surface area contributed by atoms with Gasteiger partial charge in [0.2, 0.25) is 11.5 Å². The summed E-state index contributed by atoms with van der Waals surface area (Å²) in [6, 6.07) is 17.9. The van der Waals surface area contributed by atoms with Crippen molar-refractivity contribution in [2.24, 2.45) is 12.1 Å². The molecule has 0 aliphatic carbocycles. The maximum atomic E-state index is 12.8. The van der Waals surface area contributed by atoms with Crippen LogP contribution < -0.4 is 11.0 Å². The highest BCUT2D eigenvalue weighted by Gasteiger charge is 2.18. The molecule has 140 valence electrons. The number of hydrazone groups is 1. The second-order valence-electron chi connectivity index (χ2n) is 6.32. The number of rotatable bonds is 5. The molecule has 28 heavy (non-hydrogen) atoms. The molecule has 0 amide bonds. The molecule has 2 aromatic carbocycles. The molecular formula is C21H19N5O2. The molecular weight excluding hydrogens is 354 g/mol. The Balaban J connectivity index is 1.96. The van der Waals surface area contributed by atoms with Crippen LogP contribution in [0.3, 0.4) is 0 Å². The smallest absolute Gasteiger partial charge is 0.286 e. The van der Waals surface area contributed by atoms with Crippen LogP contribution in [0.1, 0.15) is 21.6 Å². The summed E-state index contributed by atoms with van der Waals surface area (Å²) < 4.78 is 3.17. The Kier molecular flexibility index (Phi) is 5.23. The lowest BCUT2D eigenvalue weighted by Gasteiger charge is -2.07. The van der Waals surface area contributed by atoms with Crippen molar-refractivity contribution < 1.29 is 4.79 Å². The summed E-state index contributed by atoms with van der Waals surface area (Å²) >= 11 is 0. The summed E-state index contributed by atoms with van der Waals surface area (Å²) in [6.45, 7) is 3.62. The Labute approximate surface area is 162 Å². The van der Waals surface area contributed by atoms with Gasteiger partial charge in [-0.15, -0.1) is 0 Å². The van der Waals surface area contributed by atoms with E-state index in [4.69, 9.17) is 0 Å². The molecule has 0 bridgehead atoms. The highest BCUT2D eigenvalue weighted by molar-refractivity contribution is 6.51. The van der Waals surface area contributed by atoms with Crippen LogP contribution >= 0.6 is 0 Å². The number of nitrogens with zero attached hydrogens (tertiary/aromatic N) is 4. The Hall–Kier alpha value is -3.92. The van der Waals surface area contributed by atoms with Gasteiger partial charge in [-0.05, 0) is 32.0 Å². The molecule has 7 nitrogen and oxygen atoms in total. The maximum absolute atomic E-state index is 12.8. The topological polar surface area (TPSA) is 92.2 Å². The van der Waals surface area contributed by atoms with Crippen LogP contribution in [0.5, 0.6) is 0 Å². The molecule has 7 heteroatoms. The highest BCUT2D eigenvalue weighted by atomic mass is 16.1. The highest BCUT2D eigenvalue weighted by Crippen LogP contribution is 2.14. The number of hydrogen-bond acceptors (Lipinski definition) is 5. The predicted octanol–water partition coefficient (Wildman–Crippen LogP) is 2.97. The van der Waals surface area contributed by atoms with E-state index in [1.165, 1.54) is 4.68 Å². The number of hydrogen-bond donors (Lipinski definition) is 1. The third kappa shape index (κ3) is 3.48. The molecule has 1 heterocycles. The zero-order chi connectivity index (χ0) is 20.3. The van der Waals surface area contributed by atoms with Gasteiger partial charge in [0.25, 0.3) is 5.56 Å². The third-order valence-corrected chi connectivity index (χ3v) is 4.43. The van der Waals surface area contributed by atoms with E-state index in [1.54, 1.807) is 42.9 Å². The molecule has 0 aliphatic rings. The summed E-state index contributed by atoms with van der Waals surface area (Å²) in [5.41, 5.74) is 4.78. The number of Topliss-reactive ketones (excluding diaryl/α,β-unsaturated/α-hetero) is 1. The normalized spacial score (nSPS) is 11.1. The number of para-hydroxylation sites is 1. The molecule has 0 radical (unpaired) electrons. The third-order valence-electron chi connectivity index (χ3n) is 4.43. The zero-order valence-electron chi connectivity index (χ0n) is 15.8. The van der Waals surface area contributed by atoms with E-state index >= 15 is 0 Å². The monoisotopic (exact) mass is 373 g/mol. The Morgan fingerprint density at radius 2 is 1.82 bits per heavy atom. The number of carbonyl (C=O) groups excluding carboxylic acids is 1. The van der Waals surface area contributed by atoms with Crippen LogP contribution in [-0.4, -0.2) is 20.9 Å². The molecule has 0 spiro atoms. The molecule has 1 N–H and O–H groups in total. The minimum atomic E-state index is -0.504. The van der Waals surface area contributed by atoms with Crippen LogP contribution in [0, 0.1) is 25.2 Å². The van der Waals surface area contributed by atoms with Crippen LogP contribution in [0.4, 0.5) is 5.69 Å². The predicted molar refractivity (Wildman–Crippen MR) is 108 cm³/mol. The van der Waals surface area contributed by atoms with Crippen molar-refractivity contribution in [2.75, 3.05) is 5.43 Å². The SMILES string of the molecule is Cc1cccc(C(=O)/C(C#N)=N/Nc2c(C)n(C)n(-c3ccccc3)c2=O)c1. The summed E-state index contributed by atoms with van der Waals surface area (Å²) in [5, 5.41) is 13.3. The van der Waals surface area contributed by atoms with E-state index in [1.807, 2.05) is 43.3 Å². The van der Waals surface area contributed by atoms with Crippen molar-refractivity contribution in [3.8, 4) is 11.8 Å². The number of nitrogens with one attached hydrogen (secondary N) is 1. The number of nitriles is 1. The average Bonchev–Trinajstić information content (AvgIpc) is 2.91. The van der Waals surface area contributed by atoms with Gasteiger partial charge in [-0.3, -0.25) is 19.7 Å². The first-order valence-corrected chi connectivity index (χ1v) is 8.63. The summed E-state index contributed by atoms with van der Waals surface area (Å²) in [5.74, 6) is -0.504. The van der Waals surface area contributed by atoms with Crippen molar-refractivity contribution in [3.63, 3.8) is 0 Å². The largest absolute Gasteiger partial charge is 0.296 e. The van der Waals surface area contributed by atoms with Crippen molar-refractivity contribution in [1.29, 1.82) is 5.26 Å². The van der Waals surface area contributed by atoms with Crippen LogP contribution in [0.2, 0.25) is 0 Å².